The van der Waals surface area contributed by atoms with Gasteiger partial charge in [0.25, 0.3) is 0 Å². The van der Waals surface area contributed by atoms with E-state index in [1.54, 1.807) is 0 Å². The molecule has 3 heteroatoms. The van der Waals surface area contributed by atoms with Crippen LogP contribution in [0.25, 0.3) is 0 Å². The first kappa shape index (κ1) is 13.1. The first-order valence-electron chi connectivity index (χ1n) is 6.74. The van der Waals surface area contributed by atoms with Gasteiger partial charge >= 0.3 is 0 Å². The molecule has 1 aromatic rings. The Bertz CT molecular complexity index is 391. The third-order valence-corrected chi connectivity index (χ3v) is 3.85. The number of hydrogen-bond donors (Lipinski definition) is 2. The molecule has 3 nitrogen and oxygen atoms in total. The largest absolute Gasteiger partial charge is 0.351 e. The highest BCUT2D eigenvalue weighted by Gasteiger charge is 2.27. The predicted octanol–water partition coefficient (Wildman–Crippen LogP) is 2.08. The van der Waals surface area contributed by atoms with E-state index in [1.165, 1.54) is 0 Å². The summed E-state index contributed by atoms with van der Waals surface area (Å²) in [5.41, 5.74) is 1.14. The van der Waals surface area contributed by atoms with Gasteiger partial charge in [0, 0.05) is 12.6 Å². The Morgan fingerprint density at radius 1 is 1.28 bits per heavy atom. The normalized spacial score (nSPS) is 27.8. The molecular weight excluding hydrogens is 224 g/mol. The average Bonchev–Trinajstić information content (AvgIpc) is 2.40. The topological polar surface area (TPSA) is 41.1 Å². The number of amides is 1. The number of piperidine rings is 1. The number of nitrogens with one attached hydrogen (secondary N) is 2. The van der Waals surface area contributed by atoms with Crippen molar-refractivity contribution < 1.29 is 4.79 Å². The summed E-state index contributed by atoms with van der Waals surface area (Å²) in [6.45, 7) is 5.00. The van der Waals surface area contributed by atoms with E-state index in [4.69, 9.17) is 0 Å². The van der Waals surface area contributed by atoms with Gasteiger partial charge in [-0.2, -0.15) is 0 Å². The quantitative estimate of drug-likeness (QED) is 0.857. The fraction of sp³-hybridized carbons (Fsp3) is 0.533. The van der Waals surface area contributed by atoms with Crippen LogP contribution in [0.1, 0.15) is 32.3 Å². The standard InChI is InChI=1S/C15H22N2O/c1-11-8-9-14(17-12(11)2)15(18)16-10-13-6-4-3-5-7-13/h3-7,11-12,14,17H,8-10H2,1-2H3,(H,16,18). The van der Waals surface area contributed by atoms with Gasteiger partial charge in [0.1, 0.15) is 0 Å². The fourth-order valence-corrected chi connectivity index (χ4v) is 2.36. The van der Waals surface area contributed by atoms with Crippen molar-refractivity contribution >= 4 is 5.91 Å². The Kier molecular flexibility index (Phi) is 4.37. The van der Waals surface area contributed by atoms with E-state index < -0.39 is 0 Å². The van der Waals surface area contributed by atoms with E-state index >= 15 is 0 Å². The SMILES string of the molecule is CC1CCC(C(=O)NCc2ccccc2)NC1C. The average molecular weight is 246 g/mol. The highest BCUT2D eigenvalue weighted by atomic mass is 16.2. The second-order valence-corrected chi connectivity index (χ2v) is 5.27. The van der Waals surface area contributed by atoms with Gasteiger partial charge < -0.3 is 10.6 Å². The molecule has 1 saturated heterocycles. The van der Waals surface area contributed by atoms with Crippen LogP contribution in [0, 0.1) is 5.92 Å². The van der Waals surface area contributed by atoms with E-state index in [0.717, 1.165) is 18.4 Å². The summed E-state index contributed by atoms with van der Waals surface area (Å²) in [6, 6.07) is 10.4. The molecule has 3 atom stereocenters. The van der Waals surface area contributed by atoms with E-state index in [0.29, 0.717) is 18.5 Å². The predicted molar refractivity (Wildman–Crippen MR) is 73.1 cm³/mol. The summed E-state index contributed by atoms with van der Waals surface area (Å²) < 4.78 is 0. The lowest BCUT2D eigenvalue weighted by Crippen LogP contribution is -2.52. The van der Waals surface area contributed by atoms with E-state index in [2.05, 4.69) is 24.5 Å². The lowest BCUT2D eigenvalue weighted by molar-refractivity contribution is -0.124. The van der Waals surface area contributed by atoms with Crippen molar-refractivity contribution in [1.82, 2.24) is 10.6 Å². The van der Waals surface area contributed by atoms with Gasteiger partial charge in [-0.25, -0.2) is 0 Å². The maximum Gasteiger partial charge on any atom is 0.237 e. The Hall–Kier alpha value is -1.35. The molecule has 18 heavy (non-hydrogen) atoms. The highest BCUT2D eigenvalue weighted by molar-refractivity contribution is 5.81. The molecular formula is C15H22N2O. The molecule has 0 bridgehead atoms. The van der Waals surface area contributed by atoms with Crippen LogP contribution in [0.5, 0.6) is 0 Å². The third kappa shape index (κ3) is 3.33. The number of benzene rings is 1. The molecule has 0 spiro atoms. The Morgan fingerprint density at radius 3 is 2.67 bits per heavy atom. The summed E-state index contributed by atoms with van der Waals surface area (Å²) >= 11 is 0. The van der Waals surface area contributed by atoms with E-state index in [-0.39, 0.29) is 11.9 Å². The van der Waals surface area contributed by atoms with Crippen molar-refractivity contribution in [1.29, 1.82) is 0 Å². The van der Waals surface area contributed by atoms with Crippen LogP contribution in [-0.2, 0) is 11.3 Å². The molecule has 1 aliphatic heterocycles. The van der Waals surface area contributed by atoms with Crippen LogP contribution >= 0.6 is 0 Å². The molecule has 0 radical (unpaired) electrons. The third-order valence-electron chi connectivity index (χ3n) is 3.85. The van der Waals surface area contributed by atoms with Crippen molar-refractivity contribution in [3.05, 3.63) is 35.9 Å². The molecule has 0 saturated carbocycles. The van der Waals surface area contributed by atoms with Gasteiger partial charge in [-0.1, -0.05) is 37.3 Å². The minimum atomic E-state index is -0.0279. The molecule has 1 aliphatic rings. The number of rotatable bonds is 3. The molecule has 2 rings (SSSR count). The zero-order chi connectivity index (χ0) is 13.0. The summed E-state index contributed by atoms with van der Waals surface area (Å²) in [4.78, 5) is 12.1. The lowest BCUT2D eigenvalue weighted by Gasteiger charge is -2.32. The molecule has 1 heterocycles. The minimum absolute atomic E-state index is 0.0279. The van der Waals surface area contributed by atoms with Gasteiger partial charge in [-0.05, 0) is 31.2 Å². The summed E-state index contributed by atoms with van der Waals surface area (Å²) in [7, 11) is 0. The summed E-state index contributed by atoms with van der Waals surface area (Å²) in [5, 5.41) is 6.39. The zero-order valence-corrected chi connectivity index (χ0v) is 11.1. The van der Waals surface area contributed by atoms with Crippen molar-refractivity contribution in [3.63, 3.8) is 0 Å². The maximum absolute atomic E-state index is 12.1. The highest BCUT2D eigenvalue weighted by Crippen LogP contribution is 2.19. The molecule has 3 unspecified atom stereocenters. The Labute approximate surface area is 109 Å². The van der Waals surface area contributed by atoms with Crippen molar-refractivity contribution in [2.24, 2.45) is 5.92 Å². The molecule has 1 aromatic carbocycles. The van der Waals surface area contributed by atoms with Gasteiger partial charge in [0.2, 0.25) is 5.91 Å². The zero-order valence-electron chi connectivity index (χ0n) is 11.1. The first-order chi connectivity index (χ1) is 8.66. The molecule has 0 aliphatic carbocycles. The Morgan fingerprint density at radius 2 is 2.00 bits per heavy atom. The number of carbonyl (C=O) groups excluding carboxylic acids is 1. The fourth-order valence-electron chi connectivity index (χ4n) is 2.36. The van der Waals surface area contributed by atoms with Crippen molar-refractivity contribution in [2.45, 2.75) is 45.3 Å². The second-order valence-electron chi connectivity index (χ2n) is 5.27. The Balaban J connectivity index is 1.82. The van der Waals surface area contributed by atoms with E-state index in [9.17, 15) is 4.79 Å². The first-order valence-corrected chi connectivity index (χ1v) is 6.74. The molecule has 1 fully saturated rings. The maximum atomic E-state index is 12.1. The molecule has 0 aromatic heterocycles. The van der Waals surface area contributed by atoms with E-state index in [1.807, 2.05) is 30.3 Å². The van der Waals surface area contributed by atoms with Crippen LogP contribution in [-0.4, -0.2) is 18.0 Å². The number of hydrogen-bond acceptors (Lipinski definition) is 2. The van der Waals surface area contributed by atoms with Crippen LogP contribution in [0.15, 0.2) is 30.3 Å². The van der Waals surface area contributed by atoms with Gasteiger partial charge in [0.15, 0.2) is 0 Å². The molecule has 2 N–H and O–H groups in total. The van der Waals surface area contributed by atoms with Crippen LogP contribution < -0.4 is 10.6 Å². The van der Waals surface area contributed by atoms with Crippen LogP contribution in [0.2, 0.25) is 0 Å². The second kappa shape index (κ2) is 6.01. The van der Waals surface area contributed by atoms with Crippen molar-refractivity contribution in [3.8, 4) is 0 Å². The summed E-state index contributed by atoms with van der Waals surface area (Å²) in [6.07, 6.45) is 2.06. The number of carbonyl (C=O) groups is 1. The van der Waals surface area contributed by atoms with Gasteiger partial charge in [-0.3, -0.25) is 4.79 Å². The van der Waals surface area contributed by atoms with Gasteiger partial charge in [-0.15, -0.1) is 0 Å². The lowest BCUT2D eigenvalue weighted by atomic mass is 9.89. The monoisotopic (exact) mass is 246 g/mol. The minimum Gasteiger partial charge on any atom is -0.351 e. The van der Waals surface area contributed by atoms with Crippen LogP contribution in [0.3, 0.4) is 0 Å². The van der Waals surface area contributed by atoms with Crippen molar-refractivity contribution in [2.75, 3.05) is 0 Å². The van der Waals surface area contributed by atoms with Gasteiger partial charge in [0.05, 0.1) is 6.04 Å². The molecule has 1 amide bonds. The summed E-state index contributed by atoms with van der Waals surface area (Å²) in [5.74, 6) is 0.778. The smallest absolute Gasteiger partial charge is 0.237 e. The van der Waals surface area contributed by atoms with Crippen LogP contribution in [0.4, 0.5) is 0 Å². The molecule has 98 valence electrons.